The Morgan fingerprint density at radius 1 is 1.07 bits per heavy atom. The maximum absolute atomic E-state index is 5.97. The van der Waals surface area contributed by atoms with Crippen molar-refractivity contribution in [1.82, 2.24) is 15.0 Å². The summed E-state index contributed by atoms with van der Waals surface area (Å²) >= 11 is 13.3. The molecule has 1 N–H and O–H groups in total. The first-order valence-corrected chi connectivity index (χ1v) is 9.90. The number of rotatable bonds is 5. The Labute approximate surface area is 170 Å². The van der Waals surface area contributed by atoms with Crippen molar-refractivity contribution >= 4 is 67.3 Å². The van der Waals surface area contributed by atoms with E-state index in [-0.39, 0.29) is 0 Å². The van der Waals surface area contributed by atoms with Crippen molar-refractivity contribution in [2.24, 2.45) is 0 Å². The molecule has 27 heavy (non-hydrogen) atoms. The topological polar surface area (TPSA) is 53.9 Å². The average molecular weight is 416 g/mol. The minimum Gasteiger partial charge on any atom is -0.329 e. The molecule has 0 amide bonds. The number of anilines is 4. The minimum atomic E-state index is 0.443. The molecular formula is C19H15Cl2N5S. The average Bonchev–Trinajstić information content (AvgIpc) is 3.09. The molecule has 8 heteroatoms. The van der Waals surface area contributed by atoms with Gasteiger partial charge in [-0.05, 0) is 54.1 Å². The van der Waals surface area contributed by atoms with Crippen molar-refractivity contribution < 1.29 is 0 Å². The molecular weight excluding hydrogens is 401 g/mol. The van der Waals surface area contributed by atoms with Crippen LogP contribution in [0, 0.1) is 0 Å². The van der Waals surface area contributed by atoms with Gasteiger partial charge in [0.2, 0.25) is 0 Å². The summed E-state index contributed by atoms with van der Waals surface area (Å²) in [7, 11) is 1.97. The Balaban J connectivity index is 1.60. The van der Waals surface area contributed by atoms with Crippen LogP contribution in [0.25, 0.3) is 10.3 Å². The summed E-state index contributed by atoms with van der Waals surface area (Å²) in [5.41, 5.74) is 2.85. The number of hydrogen-bond acceptors (Lipinski definition) is 6. The lowest BCUT2D eigenvalue weighted by Gasteiger charge is -2.18. The SMILES string of the molecule is CN(c1ccc(Cl)cc1)c1ccc2nc(Nc3cc(CCl)ccn3)sc2n1. The zero-order valence-electron chi connectivity index (χ0n) is 14.4. The van der Waals surface area contributed by atoms with E-state index in [0.717, 1.165) is 32.5 Å². The van der Waals surface area contributed by atoms with Gasteiger partial charge in [-0.15, -0.1) is 11.6 Å². The van der Waals surface area contributed by atoms with Gasteiger partial charge in [0.1, 0.15) is 22.0 Å². The molecule has 5 nitrogen and oxygen atoms in total. The van der Waals surface area contributed by atoms with Gasteiger partial charge in [0.15, 0.2) is 5.13 Å². The number of nitrogens with one attached hydrogen (secondary N) is 1. The molecule has 0 radical (unpaired) electrons. The van der Waals surface area contributed by atoms with E-state index >= 15 is 0 Å². The predicted molar refractivity (Wildman–Crippen MR) is 114 cm³/mol. The molecule has 0 bridgehead atoms. The van der Waals surface area contributed by atoms with Crippen LogP contribution in [0.3, 0.4) is 0 Å². The molecule has 0 aliphatic carbocycles. The largest absolute Gasteiger partial charge is 0.329 e. The summed E-state index contributed by atoms with van der Waals surface area (Å²) in [5, 5.41) is 4.67. The van der Waals surface area contributed by atoms with Gasteiger partial charge < -0.3 is 10.2 Å². The van der Waals surface area contributed by atoms with E-state index in [0.29, 0.717) is 16.7 Å². The van der Waals surface area contributed by atoms with Crippen molar-refractivity contribution in [2.45, 2.75) is 5.88 Å². The zero-order valence-corrected chi connectivity index (χ0v) is 16.7. The second kappa shape index (κ2) is 7.68. The Kier molecular flexibility index (Phi) is 5.11. The standard InChI is InChI=1S/C19H15Cl2N5S/c1-26(14-4-2-13(21)3-5-14)17-7-6-15-18(25-17)27-19(23-15)24-16-10-12(11-20)8-9-22-16/h2-10H,11H2,1H3,(H,22,23,24). The summed E-state index contributed by atoms with van der Waals surface area (Å²) in [5.74, 6) is 1.99. The molecule has 3 heterocycles. The molecule has 0 saturated carbocycles. The van der Waals surface area contributed by atoms with Crippen LogP contribution in [-0.2, 0) is 5.88 Å². The quantitative estimate of drug-likeness (QED) is 0.405. The van der Waals surface area contributed by atoms with Crippen molar-refractivity contribution in [2.75, 3.05) is 17.3 Å². The van der Waals surface area contributed by atoms with Crippen LogP contribution in [0.5, 0.6) is 0 Å². The lowest BCUT2D eigenvalue weighted by Crippen LogP contribution is -2.10. The zero-order chi connectivity index (χ0) is 18.8. The third-order valence-electron chi connectivity index (χ3n) is 4.01. The number of nitrogens with zero attached hydrogens (tertiary/aromatic N) is 4. The molecule has 0 fully saturated rings. The highest BCUT2D eigenvalue weighted by atomic mass is 35.5. The van der Waals surface area contributed by atoms with E-state index in [9.17, 15) is 0 Å². The number of thiazole rings is 1. The first-order valence-electron chi connectivity index (χ1n) is 8.17. The third-order valence-corrected chi connectivity index (χ3v) is 5.45. The van der Waals surface area contributed by atoms with Gasteiger partial charge in [0.05, 0.1) is 0 Å². The fourth-order valence-electron chi connectivity index (χ4n) is 2.58. The Hall–Kier alpha value is -2.41. The van der Waals surface area contributed by atoms with Gasteiger partial charge in [-0.25, -0.2) is 15.0 Å². The maximum Gasteiger partial charge on any atom is 0.190 e. The lowest BCUT2D eigenvalue weighted by atomic mass is 10.3. The molecule has 0 saturated heterocycles. The molecule has 3 aromatic heterocycles. The van der Waals surface area contributed by atoms with E-state index in [1.165, 1.54) is 11.3 Å². The van der Waals surface area contributed by atoms with Crippen LogP contribution in [-0.4, -0.2) is 22.0 Å². The number of hydrogen-bond donors (Lipinski definition) is 1. The Morgan fingerprint density at radius 2 is 1.89 bits per heavy atom. The summed E-state index contributed by atoms with van der Waals surface area (Å²) in [6.07, 6.45) is 1.73. The first-order chi connectivity index (χ1) is 13.1. The lowest BCUT2D eigenvalue weighted by molar-refractivity contribution is 1.15. The second-order valence-corrected chi connectivity index (χ2v) is 7.54. The van der Waals surface area contributed by atoms with Crippen LogP contribution >= 0.6 is 34.5 Å². The fourth-order valence-corrected chi connectivity index (χ4v) is 3.71. The second-order valence-electron chi connectivity index (χ2n) is 5.86. The monoisotopic (exact) mass is 415 g/mol. The van der Waals surface area contributed by atoms with Crippen LogP contribution < -0.4 is 10.2 Å². The Morgan fingerprint density at radius 3 is 2.67 bits per heavy atom. The smallest absolute Gasteiger partial charge is 0.190 e. The van der Waals surface area contributed by atoms with Crippen LogP contribution in [0.15, 0.2) is 54.7 Å². The van der Waals surface area contributed by atoms with E-state index in [2.05, 4.69) is 15.3 Å². The van der Waals surface area contributed by atoms with E-state index in [4.69, 9.17) is 28.2 Å². The molecule has 0 unspecified atom stereocenters. The number of fused-ring (bicyclic) bond motifs is 1. The number of aromatic nitrogens is 3. The number of halogens is 2. The van der Waals surface area contributed by atoms with Crippen LogP contribution in [0.4, 0.5) is 22.5 Å². The molecule has 4 rings (SSSR count). The molecule has 0 spiro atoms. The highest BCUT2D eigenvalue weighted by Crippen LogP contribution is 2.30. The van der Waals surface area contributed by atoms with E-state index < -0.39 is 0 Å². The summed E-state index contributed by atoms with van der Waals surface area (Å²) < 4.78 is 0. The minimum absolute atomic E-state index is 0.443. The van der Waals surface area contributed by atoms with Gasteiger partial charge in [-0.1, -0.05) is 22.9 Å². The number of pyridine rings is 2. The highest BCUT2D eigenvalue weighted by Gasteiger charge is 2.11. The maximum atomic E-state index is 5.97. The third kappa shape index (κ3) is 3.98. The van der Waals surface area contributed by atoms with E-state index in [1.807, 2.05) is 60.5 Å². The first kappa shape index (κ1) is 18.0. The highest BCUT2D eigenvalue weighted by molar-refractivity contribution is 7.21. The van der Waals surface area contributed by atoms with Gasteiger partial charge in [0, 0.05) is 29.8 Å². The fraction of sp³-hybridized carbons (Fsp3) is 0.105. The van der Waals surface area contributed by atoms with Gasteiger partial charge in [0.25, 0.3) is 0 Å². The van der Waals surface area contributed by atoms with Crippen LogP contribution in [0.1, 0.15) is 5.56 Å². The summed E-state index contributed by atoms with van der Waals surface area (Å²) in [6.45, 7) is 0. The molecule has 4 aromatic rings. The molecule has 0 aliphatic heterocycles. The molecule has 1 aromatic carbocycles. The van der Waals surface area contributed by atoms with Crippen molar-refractivity contribution in [3.8, 4) is 0 Å². The molecule has 0 atom stereocenters. The van der Waals surface area contributed by atoms with Crippen molar-refractivity contribution in [1.29, 1.82) is 0 Å². The van der Waals surface area contributed by atoms with Crippen molar-refractivity contribution in [3.05, 3.63) is 65.3 Å². The summed E-state index contributed by atoms with van der Waals surface area (Å²) in [4.78, 5) is 16.5. The van der Waals surface area contributed by atoms with Crippen molar-refractivity contribution in [3.63, 3.8) is 0 Å². The van der Waals surface area contributed by atoms with Gasteiger partial charge in [-0.3, -0.25) is 0 Å². The Bertz CT molecular complexity index is 1080. The predicted octanol–water partition coefficient (Wildman–Crippen LogP) is 5.99. The number of benzene rings is 1. The molecule has 136 valence electrons. The summed E-state index contributed by atoms with van der Waals surface area (Å²) in [6, 6.07) is 15.4. The van der Waals surface area contributed by atoms with Crippen LogP contribution in [0.2, 0.25) is 5.02 Å². The van der Waals surface area contributed by atoms with E-state index in [1.54, 1.807) is 6.20 Å². The normalized spacial score (nSPS) is 10.9. The number of alkyl halides is 1. The van der Waals surface area contributed by atoms with Gasteiger partial charge in [-0.2, -0.15) is 0 Å². The molecule has 0 aliphatic rings. The van der Waals surface area contributed by atoms with Gasteiger partial charge >= 0.3 is 0 Å².